The van der Waals surface area contributed by atoms with Crippen molar-refractivity contribution in [1.29, 1.82) is 0 Å². The van der Waals surface area contributed by atoms with Gasteiger partial charge < -0.3 is 18.9 Å². The number of nitrogens with one attached hydrogen (secondary N) is 1. The van der Waals surface area contributed by atoms with Gasteiger partial charge in [-0.2, -0.15) is 5.10 Å². The number of amides is 1. The van der Waals surface area contributed by atoms with Crippen molar-refractivity contribution in [2.75, 3.05) is 21.3 Å². The largest absolute Gasteiger partial charge is 0.493 e. The highest BCUT2D eigenvalue weighted by Gasteiger charge is 2.17. The smallest absolute Gasteiger partial charge is 0.271 e. The van der Waals surface area contributed by atoms with Crippen LogP contribution >= 0.6 is 0 Å². The maximum Gasteiger partial charge on any atom is 0.271 e. The lowest BCUT2D eigenvalue weighted by atomic mass is 10.0. The van der Waals surface area contributed by atoms with E-state index in [1.807, 2.05) is 36.4 Å². The first-order valence-corrected chi connectivity index (χ1v) is 11.1. The number of fused-ring (bicyclic) bond motifs is 1. The summed E-state index contributed by atoms with van der Waals surface area (Å²) in [5, 5.41) is 6.07. The van der Waals surface area contributed by atoms with Gasteiger partial charge in [-0.25, -0.2) is 9.82 Å². The summed E-state index contributed by atoms with van der Waals surface area (Å²) in [7, 11) is 4.44. The Morgan fingerprint density at radius 1 is 0.889 bits per heavy atom. The highest BCUT2D eigenvalue weighted by Crippen LogP contribution is 2.38. The number of halogens is 1. The molecule has 0 aliphatic heterocycles. The van der Waals surface area contributed by atoms with Crippen molar-refractivity contribution in [2.24, 2.45) is 5.10 Å². The zero-order chi connectivity index (χ0) is 25.5. The van der Waals surface area contributed by atoms with Crippen LogP contribution in [0.1, 0.15) is 21.5 Å². The summed E-state index contributed by atoms with van der Waals surface area (Å²) in [6.07, 6.45) is 1.54. The molecule has 0 spiro atoms. The Morgan fingerprint density at radius 2 is 1.58 bits per heavy atom. The minimum absolute atomic E-state index is 0.247. The van der Waals surface area contributed by atoms with E-state index >= 15 is 0 Å². The Morgan fingerprint density at radius 3 is 2.25 bits per heavy atom. The average molecular weight is 489 g/mol. The van der Waals surface area contributed by atoms with Crippen LogP contribution in [-0.2, 0) is 6.61 Å². The van der Waals surface area contributed by atoms with E-state index in [1.165, 1.54) is 39.7 Å². The van der Waals surface area contributed by atoms with E-state index < -0.39 is 5.91 Å². The molecule has 0 fully saturated rings. The first-order valence-electron chi connectivity index (χ1n) is 11.1. The quantitative estimate of drug-likeness (QED) is 0.254. The summed E-state index contributed by atoms with van der Waals surface area (Å²) >= 11 is 0. The fourth-order valence-corrected chi connectivity index (χ4v) is 3.71. The van der Waals surface area contributed by atoms with Crippen molar-refractivity contribution in [2.45, 2.75) is 6.61 Å². The molecule has 7 nitrogen and oxygen atoms in total. The monoisotopic (exact) mass is 488 g/mol. The summed E-state index contributed by atoms with van der Waals surface area (Å²) < 4.78 is 35.2. The van der Waals surface area contributed by atoms with Crippen molar-refractivity contribution >= 4 is 22.9 Å². The highest BCUT2D eigenvalue weighted by atomic mass is 19.1. The van der Waals surface area contributed by atoms with E-state index in [4.69, 9.17) is 18.9 Å². The Balaban J connectivity index is 1.59. The van der Waals surface area contributed by atoms with E-state index in [1.54, 1.807) is 24.3 Å². The third kappa shape index (κ3) is 5.38. The summed E-state index contributed by atoms with van der Waals surface area (Å²) in [5.74, 6) is 0.912. The van der Waals surface area contributed by atoms with E-state index in [0.717, 1.165) is 16.3 Å². The number of nitrogens with zero attached hydrogens (tertiary/aromatic N) is 1. The molecule has 0 aliphatic carbocycles. The van der Waals surface area contributed by atoms with Crippen molar-refractivity contribution in [3.8, 4) is 23.0 Å². The highest BCUT2D eigenvalue weighted by molar-refractivity contribution is 6.03. The normalized spacial score (nSPS) is 10.9. The third-order valence-electron chi connectivity index (χ3n) is 5.52. The minimum Gasteiger partial charge on any atom is -0.493 e. The number of carbonyl (C=O) groups excluding carboxylic acids is 1. The number of ether oxygens (including phenoxy) is 4. The van der Waals surface area contributed by atoms with Gasteiger partial charge in [0.25, 0.3) is 5.91 Å². The first-order chi connectivity index (χ1) is 17.5. The van der Waals surface area contributed by atoms with Crippen LogP contribution in [0, 0.1) is 5.82 Å². The number of benzene rings is 4. The Kier molecular flexibility index (Phi) is 7.65. The van der Waals surface area contributed by atoms with Gasteiger partial charge in [0, 0.05) is 11.1 Å². The van der Waals surface area contributed by atoms with Gasteiger partial charge in [0.15, 0.2) is 11.5 Å². The van der Waals surface area contributed by atoms with Crippen molar-refractivity contribution < 1.29 is 28.1 Å². The molecule has 0 saturated heterocycles. The van der Waals surface area contributed by atoms with E-state index in [-0.39, 0.29) is 18.0 Å². The number of hydrazone groups is 1. The minimum atomic E-state index is -0.459. The van der Waals surface area contributed by atoms with Gasteiger partial charge in [0.05, 0.1) is 27.5 Å². The second-order valence-corrected chi connectivity index (χ2v) is 7.73. The number of hydrogen-bond donors (Lipinski definition) is 1. The molecule has 0 aliphatic rings. The van der Waals surface area contributed by atoms with Crippen LogP contribution in [-0.4, -0.2) is 33.5 Å². The average Bonchev–Trinajstić information content (AvgIpc) is 2.92. The lowest BCUT2D eigenvalue weighted by Crippen LogP contribution is -2.18. The van der Waals surface area contributed by atoms with Gasteiger partial charge in [0.2, 0.25) is 5.75 Å². The molecule has 4 aromatic carbocycles. The predicted molar refractivity (Wildman–Crippen MR) is 136 cm³/mol. The van der Waals surface area contributed by atoms with Gasteiger partial charge in [0.1, 0.15) is 18.2 Å². The van der Waals surface area contributed by atoms with Crippen LogP contribution < -0.4 is 24.4 Å². The molecule has 8 heteroatoms. The second-order valence-electron chi connectivity index (χ2n) is 7.73. The molecule has 1 amide bonds. The maximum absolute atomic E-state index is 13.2. The van der Waals surface area contributed by atoms with Gasteiger partial charge >= 0.3 is 0 Å². The van der Waals surface area contributed by atoms with Crippen LogP contribution in [0.5, 0.6) is 23.0 Å². The lowest BCUT2D eigenvalue weighted by molar-refractivity contribution is 0.0954. The molecule has 0 aromatic heterocycles. The van der Waals surface area contributed by atoms with Gasteiger partial charge in [-0.05, 0) is 46.7 Å². The van der Waals surface area contributed by atoms with Gasteiger partial charge in [-0.3, -0.25) is 4.79 Å². The molecule has 4 aromatic rings. The molecule has 0 bridgehead atoms. The Labute approximate surface area is 208 Å². The fraction of sp³-hybridized carbons (Fsp3) is 0.143. The topological polar surface area (TPSA) is 78.4 Å². The van der Waals surface area contributed by atoms with Crippen molar-refractivity contribution in [3.05, 3.63) is 95.3 Å². The molecule has 4 rings (SSSR count). The molecule has 0 unspecified atom stereocenters. The third-order valence-corrected chi connectivity index (χ3v) is 5.52. The predicted octanol–water partition coefficient (Wildman–Crippen LogP) is 5.35. The molecule has 0 saturated carbocycles. The summed E-state index contributed by atoms with van der Waals surface area (Å²) in [6.45, 7) is 0.247. The molecular weight excluding hydrogens is 463 g/mol. The van der Waals surface area contributed by atoms with Crippen LogP contribution in [0.15, 0.2) is 77.9 Å². The molecule has 0 heterocycles. The molecule has 0 atom stereocenters. The van der Waals surface area contributed by atoms with Crippen molar-refractivity contribution in [3.63, 3.8) is 0 Å². The molecule has 1 N–H and O–H groups in total. The van der Waals surface area contributed by atoms with Crippen LogP contribution in [0.4, 0.5) is 4.39 Å². The standard InChI is InChI=1S/C28H25FN2O5/c1-33-25-14-20(15-26(34-2)27(25)35-3)28(32)31-30-16-23-22-7-5-4-6-19(22)10-13-24(23)36-17-18-8-11-21(29)12-9-18/h4-16H,17H2,1-3H3,(H,31,32)/b30-16+. The van der Waals surface area contributed by atoms with Crippen LogP contribution in [0.3, 0.4) is 0 Å². The summed E-state index contributed by atoms with van der Waals surface area (Å²) in [6, 6.07) is 20.8. The second kappa shape index (κ2) is 11.2. The van der Waals surface area contributed by atoms with E-state index in [9.17, 15) is 9.18 Å². The molecule has 36 heavy (non-hydrogen) atoms. The zero-order valence-electron chi connectivity index (χ0n) is 20.1. The van der Waals surface area contributed by atoms with Crippen molar-refractivity contribution in [1.82, 2.24) is 5.43 Å². The zero-order valence-corrected chi connectivity index (χ0v) is 20.1. The summed E-state index contributed by atoms with van der Waals surface area (Å²) in [5.41, 5.74) is 4.34. The first kappa shape index (κ1) is 24.5. The lowest BCUT2D eigenvalue weighted by Gasteiger charge is -2.13. The Bertz CT molecular complexity index is 1380. The van der Waals surface area contributed by atoms with E-state index in [0.29, 0.717) is 28.6 Å². The summed E-state index contributed by atoms with van der Waals surface area (Å²) in [4.78, 5) is 12.8. The number of carbonyl (C=O) groups is 1. The Hall–Kier alpha value is -4.59. The van der Waals surface area contributed by atoms with Crippen LogP contribution in [0.25, 0.3) is 10.8 Å². The molecule has 184 valence electrons. The van der Waals surface area contributed by atoms with Crippen LogP contribution in [0.2, 0.25) is 0 Å². The molecular formula is C28H25FN2O5. The number of rotatable bonds is 9. The maximum atomic E-state index is 13.2. The molecule has 0 radical (unpaired) electrons. The fourth-order valence-electron chi connectivity index (χ4n) is 3.71. The van der Waals surface area contributed by atoms with E-state index in [2.05, 4.69) is 10.5 Å². The van der Waals surface area contributed by atoms with Gasteiger partial charge in [-0.1, -0.05) is 42.5 Å². The SMILES string of the molecule is COc1cc(C(=O)N/N=C/c2c(OCc3ccc(F)cc3)ccc3ccccc23)cc(OC)c1OC. The number of methoxy groups -OCH3 is 3. The van der Waals surface area contributed by atoms with Gasteiger partial charge in [-0.15, -0.1) is 0 Å². The number of hydrogen-bond acceptors (Lipinski definition) is 6.